The second-order valence-corrected chi connectivity index (χ2v) is 6.63. The molecule has 8 heteroatoms. The first-order valence-corrected chi connectivity index (χ1v) is 9.01. The van der Waals surface area contributed by atoms with Gasteiger partial charge in [0.1, 0.15) is 4.88 Å². The van der Waals surface area contributed by atoms with Gasteiger partial charge in [-0.1, -0.05) is 23.5 Å². The molecule has 0 aliphatic rings. The normalized spacial score (nSPS) is 11.2. The van der Waals surface area contributed by atoms with Crippen molar-refractivity contribution in [3.63, 3.8) is 0 Å². The van der Waals surface area contributed by atoms with E-state index in [-0.39, 0.29) is 10.4 Å². The number of hydrogen-bond acceptors (Lipinski definition) is 6. The van der Waals surface area contributed by atoms with E-state index in [1.165, 1.54) is 10.6 Å². The van der Waals surface area contributed by atoms with Crippen LogP contribution in [0.5, 0.6) is 11.5 Å². The highest BCUT2D eigenvalue weighted by atomic mass is 32.1. The Hall–Kier alpha value is -3.13. The standard InChI is InChI=1S/C19H18N2O5S/c1-4-26-14-7-5-6-12(16(14)25-3)8-9-13-11(2)17(22)21-10-15(18(23)24)27-19(21)20-13/h5-10H,4H2,1-3H3,(H,23,24)/b9-8+. The lowest BCUT2D eigenvalue weighted by molar-refractivity contribution is 0.0701. The van der Waals surface area contributed by atoms with Crippen molar-refractivity contribution in [2.45, 2.75) is 13.8 Å². The monoisotopic (exact) mass is 386 g/mol. The second kappa shape index (κ2) is 7.63. The van der Waals surface area contributed by atoms with Gasteiger partial charge in [0.2, 0.25) is 0 Å². The lowest BCUT2D eigenvalue weighted by Gasteiger charge is -2.11. The summed E-state index contributed by atoms with van der Waals surface area (Å²) >= 11 is 0.955. The quantitative estimate of drug-likeness (QED) is 0.699. The Morgan fingerprint density at radius 2 is 2.15 bits per heavy atom. The van der Waals surface area contributed by atoms with Crippen molar-refractivity contribution in [2.24, 2.45) is 0 Å². The van der Waals surface area contributed by atoms with Gasteiger partial charge in [0.05, 0.1) is 19.4 Å². The highest BCUT2D eigenvalue weighted by molar-refractivity contribution is 7.18. The summed E-state index contributed by atoms with van der Waals surface area (Å²) in [5.41, 5.74) is 1.39. The molecule has 3 aromatic rings. The maximum absolute atomic E-state index is 12.5. The molecule has 0 amide bonds. The van der Waals surface area contributed by atoms with Gasteiger partial charge in [0.25, 0.3) is 5.56 Å². The number of benzene rings is 1. The Morgan fingerprint density at radius 1 is 1.37 bits per heavy atom. The molecule has 27 heavy (non-hydrogen) atoms. The van der Waals surface area contributed by atoms with Crippen molar-refractivity contribution in [1.29, 1.82) is 0 Å². The van der Waals surface area contributed by atoms with Gasteiger partial charge in [0.15, 0.2) is 16.5 Å². The van der Waals surface area contributed by atoms with Crippen LogP contribution in [0.3, 0.4) is 0 Å². The molecule has 0 aliphatic carbocycles. The molecular weight excluding hydrogens is 368 g/mol. The number of hydrogen-bond donors (Lipinski definition) is 1. The van der Waals surface area contributed by atoms with Gasteiger partial charge in [-0.15, -0.1) is 0 Å². The molecule has 0 saturated heterocycles. The van der Waals surface area contributed by atoms with Crippen LogP contribution >= 0.6 is 11.3 Å². The van der Waals surface area contributed by atoms with E-state index >= 15 is 0 Å². The highest BCUT2D eigenvalue weighted by Crippen LogP contribution is 2.32. The van der Waals surface area contributed by atoms with Gasteiger partial charge < -0.3 is 14.6 Å². The molecule has 1 aromatic carbocycles. The van der Waals surface area contributed by atoms with Crippen molar-refractivity contribution in [3.05, 3.63) is 56.4 Å². The van der Waals surface area contributed by atoms with Crippen molar-refractivity contribution in [3.8, 4) is 11.5 Å². The van der Waals surface area contributed by atoms with Gasteiger partial charge in [-0.05, 0) is 32.1 Å². The zero-order valence-electron chi connectivity index (χ0n) is 15.1. The number of fused-ring (bicyclic) bond motifs is 1. The zero-order valence-corrected chi connectivity index (χ0v) is 15.9. The molecule has 2 aromatic heterocycles. The predicted octanol–water partition coefficient (Wildman–Crippen LogP) is 3.34. The molecule has 0 aliphatic heterocycles. The van der Waals surface area contributed by atoms with Gasteiger partial charge in [-0.25, -0.2) is 9.78 Å². The predicted molar refractivity (Wildman–Crippen MR) is 104 cm³/mol. The van der Waals surface area contributed by atoms with Crippen LogP contribution in [0.2, 0.25) is 0 Å². The Morgan fingerprint density at radius 3 is 2.81 bits per heavy atom. The molecule has 2 heterocycles. The summed E-state index contributed by atoms with van der Waals surface area (Å²) in [6, 6.07) is 5.54. The minimum absolute atomic E-state index is 0.0613. The fourth-order valence-corrected chi connectivity index (χ4v) is 3.45. The van der Waals surface area contributed by atoms with E-state index in [2.05, 4.69) is 4.98 Å². The van der Waals surface area contributed by atoms with Crippen LogP contribution < -0.4 is 15.0 Å². The number of aromatic carboxylic acids is 1. The third kappa shape index (κ3) is 3.56. The molecule has 0 fully saturated rings. The van der Waals surface area contributed by atoms with Crippen LogP contribution in [0, 0.1) is 6.92 Å². The number of methoxy groups -OCH3 is 1. The Bertz CT molecular complexity index is 1100. The summed E-state index contributed by atoms with van der Waals surface area (Å²) in [5.74, 6) is 0.138. The molecule has 0 radical (unpaired) electrons. The lowest BCUT2D eigenvalue weighted by atomic mass is 10.1. The van der Waals surface area contributed by atoms with E-state index in [9.17, 15) is 9.59 Å². The van der Waals surface area contributed by atoms with Gasteiger partial charge in [0, 0.05) is 17.3 Å². The molecule has 3 rings (SSSR count). The minimum Gasteiger partial charge on any atom is -0.492 e. The van der Waals surface area contributed by atoms with Crippen molar-refractivity contribution in [1.82, 2.24) is 9.38 Å². The average Bonchev–Trinajstić information content (AvgIpc) is 3.08. The lowest BCUT2D eigenvalue weighted by Crippen LogP contribution is -2.17. The smallest absolute Gasteiger partial charge is 0.347 e. The van der Waals surface area contributed by atoms with Gasteiger partial charge in [-0.2, -0.15) is 0 Å². The van der Waals surface area contributed by atoms with Crippen molar-refractivity contribution < 1.29 is 19.4 Å². The maximum Gasteiger partial charge on any atom is 0.347 e. The highest BCUT2D eigenvalue weighted by Gasteiger charge is 2.14. The summed E-state index contributed by atoms with van der Waals surface area (Å²) < 4.78 is 12.3. The van der Waals surface area contributed by atoms with E-state index in [0.717, 1.165) is 16.9 Å². The first-order valence-electron chi connectivity index (χ1n) is 8.20. The van der Waals surface area contributed by atoms with E-state index in [4.69, 9.17) is 14.6 Å². The Balaban J connectivity index is 2.07. The van der Waals surface area contributed by atoms with Crippen molar-refractivity contribution in [2.75, 3.05) is 13.7 Å². The van der Waals surface area contributed by atoms with Crippen LogP contribution in [0.1, 0.15) is 33.4 Å². The minimum atomic E-state index is -1.09. The third-order valence-electron chi connectivity index (χ3n) is 3.94. The number of nitrogens with zero attached hydrogens (tertiary/aromatic N) is 2. The number of ether oxygens (including phenoxy) is 2. The molecule has 1 N–H and O–H groups in total. The second-order valence-electron chi connectivity index (χ2n) is 5.63. The van der Waals surface area contributed by atoms with E-state index in [1.807, 2.05) is 25.1 Å². The molecular formula is C19H18N2O5S. The summed E-state index contributed by atoms with van der Waals surface area (Å²) in [6.45, 7) is 4.07. The molecule has 0 unspecified atom stereocenters. The Kier molecular flexibility index (Phi) is 5.27. The first-order chi connectivity index (χ1) is 13.0. The first kappa shape index (κ1) is 18.7. The summed E-state index contributed by atoms with van der Waals surface area (Å²) in [5, 5.41) is 9.12. The zero-order chi connectivity index (χ0) is 19.6. The molecule has 0 atom stereocenters. The topological polar surface area (TPSA) is 90.1 Å². The molecule has 7 nitrogen and oxygen atoms in total. The number of aromatic nitrogens is 2. The van der Waals surface area contributed by atoms with E-state index in [0.29, 0.717) is 34.3 Å². The number of rotatable bonds is 6. The van der Waals surface area contributed by atoms with E-state index < -0.39 is 5.97 Å². The fraction of sp³-hybridized carbons (Fsp3) is 0.211. The van der Waals surface area contributed by atoms with Crippen molar-refractivity contribution >= 4 is 34.4 Å². The third-order valence-corrected chi connectivity index (χ3v) is 4.91. The fourth-order valence-electron chi connectivity index (χ4n) is 2.63. The Labute approximate surface area is 159 Å². The van der Waals surface area contributed by atoms with E-state index in [1.54, 1.807) is 26.2 Å². The van der Waals surface area contributed by atoms with Gasteiger partial charge >= 0.3 is 5.97 Å². The summed E-state index contributed by atoms with van der Waals surface area (Å²) in [6.07, 6.45) is 4.80. The number of para-hydroxylation sites is 1. The largest absolute Gasteiger partial charge is 0.492 e. The number of carbonyl (C=O) groups is 1. The number of carboxylic acids is 1. The average molecular weight is 386 g/mol. The molecule has 140 valence electrons. The van der Waals surface area contributed by atoms with Gasteiger partial charge in [-0.3, -0.25) is 9.20 Å². The summed E-state index contributed by atoms with van der Waals surface area (Å²) in [4.78, 5) is 28.5. The van der Waals surface area contributed by atoms with Crippen LogP contribution in [0.15, 0.2) is 29.2 Å². The van der Waals surface area contributed by atoms with Crippen LogP contribution in [-0.2, 0) is 0 Å². The summed E-state index contributed by atoms with van der Waals surface area (Å²) in [7, 11) is 1.57. The van der Waals surface area contributed by atoms with Crippen LogP contribution in [0.25, 0.3) is 17.1 Å². The van der Waals surface area contributed by atoms with Crippen LogP contribution in [-0.4, -0.2) is 34.2 Å². The SMILES string of the molecule is CCOc1cccc(/C=C/c2nc3sc(C(=O)O)cn3c(=O)c2C)c1OC. The van der Waals surface area contributed by atoms with Crippen LogP contribution in [0.4, 0.5) is 0 Å². The maximum atomic E-state index is 12.5. The number of carboxylic acid groups (broad SMARTS) is 1. The molecule has 0 spiro atoms. The molecule has 0 saturated carbocycles. The number of thiazole rings is 1. The molecule has 0 bridgehead atoms.